The maximum atomic E-state index is 13.5. The Labute approximate surface area is 216 Å². The van der Waals surface area contributed by atoms with Gasteiger partial charge in [-0.2, -0.15) is 0 Å². The lowest BCUT2D eigenvalue weighted by atomic mass is 9.76. The summed E-state index contributed by atoms with van der Waals surface area (Å²) in [6.07, 6.45) is 3.50. The Kier molecular flexibility index (Phi) is 8.83. The quantitative estimate of drug-likeness (QED) is 0.279. The van der Waals surface area contributed by atoms with Crippen molar-refractivity contribution in [3.8, 4) is 11.5 Å². The summed E-state index contributed by atoms with van der Waals surface area (Å²) >= 11 is 0. The summed E-state index contributed by atoms with van der Waals surface area (Å²) in [5.41, 5.74) is 1.22. The van der Waals surface area contributed by atoms with Crippen molar-refractivity contribution < 1.29 is 38.8 Å². The molecular formula is C27H36N2O8. The molecule has 0 bridgehead atoms. The molecule has 37 heavy (non-hydrogen) atoms. The molecule has 0 radical (unpaired) electrons. The third kappa shape index (κ3) is 5.37. The van der Waals surface area contributed by atoms with Crippen LogP contribution in [0.15, 0.2) is 23.8 Å². The predicted octanol–water partition coefficient (Wildman–Crippen LogP) is 1.19. The van der Waals surface area contributed by atoms with Crippen molar-refractivity contribution in [1.29, 1.82) is 0 Å². The van der Waals surface area contributed by atoms with Crippen molar-refractivity contribution in [3.63, 3.8) is 0 Å². The first-order valence-corrected chi connectivity index (χ1v) is 13.0. The number of aliphatic hydroxyl groups excluding tert-OH is 2. The lowest BCUT2D eigenvalue weighted by molar-refractivity contribution is -0.144. The number of fused-ring (bicyclic) bond motifs is 3. The Balaban J connectivity index is 1.75. The molecule has 1 saturated carbocycles. The van der Waals surface area contributed by atoms with Crippen LogP contribution in [0.2, 0.25) is 0 Å². The van der Waals surface area contributed by atoms with Crippen molar-refractivity contribution in [2.75, 3.05) is 40.0 Å². The number of methoxy groups -OCH3 is 1. The number of nitrogens with zero attached hydrogens (tertiary/aromatic N) is 1. The summed E-state index contributed by atoms with van der Waals surface area (Å²) < 4.78 is 17.1. The first kappa shape index (κ1) is 27.1. The van der Waals surface area contributed by atoms with E-state index in [9.17, 15) is 24.6 Å². The number of rotatable bonds is 12. The van der Waals surface area contributed by atoms with Crippen molar-refractivity contribution >= 4 is 18.1 Å². The number of amides is 2. The van der Waals surface area contributed by atoms with Crippen LogP contribution in [-0.4, -0.2) is 91.5 Å². The third-order valence-electron chi connectivity index (χ3n) is 7.40. The molecule has 202 valence electrons. The Morgan fingerprint density at radius 1 is 1.30 bits per heavy atom. The molecule has 1 heterocycles. The van der Waals surface area contributed by atoms with Crippen LogP contribution in [0.5, 0.6) is 11.5 Å². The molecular weight excluding hydrogens is 480 g/mol. The fourth-order valence-corrected chi connectivity index (χ4v) is 5.34. The summed E-state index contributed by atoms with van der Waals surface area (Å²) in [6.45, 7) is 3.12. The number of carbonyl (C=O) groups is 3. The van der Waals surface area contributed by atoms with Gasteiger partial charge in [-0.25, -0.2) is 0 Å². The van der Waals surface area contributed by atoms with Gasteiger partial charge in [0.1, 0.15) is 18.5 Å². The molecule has 2 amide bonds. The van der Waals surface area contributed by atoms with Gasteiger partial charge in [-0.05, 0) is 44.4 Å². The van der Waals surface area contributed by atoms with Gasteiger partial charge in [0, 0.05) is 48.9 Å². The van der Waals surface area contributed by atoms with E-state index in [2.05, 4.69) is 5.32 Å². The van der Waals surface area contributed by atoms with E-state index in [1.54, 1.807) is 23.1 Å². The standard InChI is InChI=1S/C27H36N2O8/c1-3-36-11-5-9-29(27(34)17-6-4-7-17)20-14-19(26(33)28-8-10-30)22-18-12-16(15-31)13-21(35-2)24(18)37-25(22)23(20)32/h12-15,17,20,22-23,25,30,32H,3-11H2,1-2H3,(H,28,33). The third-order valence-corrected chi connectivity index (χ3v) is 7.40. The van der Waals surface area contributed by atoms with Crippen LogP contribution in [0.4, 0.5) is 0 Å². The van der Waals surface area contributed by atoms with Crippen LogP contribution in [-0.2, 0) is 14.3 Å². The van der Waals surface area contributed by atoms with Gasteiger partial charge < -0.3 is 34.6 Å². The molecule has 4 unspecified atom stereocenters. The number of hydrogen-bond acceptors (Lipinski definition) is 8. The number of benzene rings is 1. The summed E-state index contributed by atoms with van der Waals surface area (Å²) in [5.74, 6) is -0.582. The number of carbonyl (C=O) groups excluding carboxylic acids is 3. The predicted molar refractivity (Wildman–Crippen MR) is 134 cm³/mol. The minimum Gasteiger partial charge on any atom is -0.493 e. The summed E-state index contributed by atoms with van der Waals surface area (Å²) in [7, 11) is 1.46. The smallest absolute Gasteiger partial charge is 0.247 e. The molecule has 2 aliphatic carbocycles. The van der Waals surface area contributed by atoms with Crippen molar-refractivity contribution in [2.45, 2.75) is 56.8 Å². The molecule has 0 aromatic heterocycles. The molecule has 3 aliphatic rings. The van der Waals surface area contributed by atoms with Crippen LogP contribution in [0.3, 0.4) is 0 Å². The highest BCUT2D eigenvalue weighted by atomic mass is 16.5. The van der Waals surface area contributed by atoms with Gasteiger partial charge in [-0.15, -0.1) is 0 Å². The fourth-order valence-electron chi connectivity index (χ4n) is 5.34. The molecule has 10 nitrogen and oxygen atoms in total. The molecule has 4 rings (SSSR count). The fraction of sp³-hybridized carbons (Fsp3) is 0.593. The Hall–Kier alpha value is -2.95. The normalized spacial score (nSPS) is 24.2. The highest BCUT2D eigenvalue weighted by Gasteiger charge is 2.52. The maximum Gasteiger partial charge on any atom is 0.247 e. The monoisotopic (exact) mass is 516 g/mol. The maximum absolute atomic E-state index is 13.5. The van der Waals surface area contributed by atoms with E-state index < -0.39 is 30.1 Å². The van der Waals surface area contributed by atoms with Gasteiger partial charge >= 0.3 is 0 Å². The first-order valence-electron chi connectivity index (χ1n) is 13.0. The Morgan fingerprint density at radius 2 is 2.08 bits per heavy atom. The second kappa shape index (κ2) is 12.1. The zero-order valence-electron chi connectivity index (χ0n) is 21.4. The molecule has 10 heteroatoms. The van der Waals surface area contributed by atoms with Crippen LogP contribution >= 0.6 is 0 Å². The Bertz CT molecular complexity index is 1040. The van der Waals surface area contributed by atoms with E-state index in [0.29, 0.717) is 60.7 Å². The highest BCUT2D eigenvalue weighted by molar-refractivity contribution is 5.96. The molecule has 0 spiro atoms. The summed E-state index contributed by atoms with van der Waals surface area (Å²) in [6, 6.07) is 2.38. The SMILES string of the molecule is CCOCCCN(C(=O)C1CCC1)C1C=C(C(=O)NCCO)C2c3cc(C=O)cc(OC)c3OC2C1O. The van der Waals surface area contributed by atoms with Crippen molar-refractivity contribution in [3.05, 3.63) is 34.9 Å². The summed E-state index contributed by atoms with van der Waals surface area (Å²) in [4.78, 5) is 40.1. The highest BCUT2D eigenvalue weighted by Crippen LogP contribution is 2.51. The van der Waals surface area contributed by atoms with Gasteiger partial charge in [-0.3, -0.25) is 14.4 Å². The van der Waals surface area contributed by atoms with Gasteiger partial charge in [0.25, 0.3) is 0 Å². The number of aldehydes is 1. The van der Waals surface area contributed by atoms with Gasteiger partial charge in [0.2, 0.25) is 11.8 Å². The minimum absolute atomic E-state index is 0.0469. The Morgan fingerprint density at radius 3 is 2.70 bits per heavy atom. The van der Waals surface area contributed by atoms with E-state index >= 15 is 0 Å². The second-order valence-corrected chi connectivity index (χ2v) is 9.61. The number of ether oxygens (including phenoxy) is 3. The number of hydrogen-bond donors (Lipinski definition) is 3. The largest absolute Gasteiger partial charge is 0.493 e. The van der Waals surface area contributed by atoms with E-state index in [-0.39, 0.29) is 25.0 Å². The van der Waals surface area contributed by atoms with E-state index in [4.69, 9.17) is 14.2 Å². The van der Waals surface area contributed by atoms with Gasteiger partial charge in [0.05, 0.1) is 25.7 Å². The molecule has 1 aliphatic heterocycles. The molecule has 4 atom stereocenters. The van der Waals surface area contributed by atoms with E-state index in [0.717, 1.165) is 19.3 Å². The zero-order valence-corrected chi connectivity index (χ0v) is 21.4. The lowest BCUT2D eigenvalue weighted by Crippen LogP contribution is -2.57. The van der Waals surface area contributed by atoms with E-state index in [1.807, 2.05) is 6.92 Å². The zero-order chi connectivity index (χ0) is 26.5. The molecule has 1 fully saturated rings. The molecule has 0 saturated heterocycles. The lowest BCUT2D eigenvalue weighted by Gasteiger charge is -2.42. The summed E-state index contributed by atoms with van der Waals surface area (Å²) in [5, 5.41) is 23.6. The molecule has 1 aromatic rings. The van der Waals surface area contributed by atoms with Crippen LogP contribution in [0.1, 0.15) is 54.4 Å². The minimum atomic E-state index is -1.13. The molecule has 1 aromatic carbocycles. The van der Waals surface area contributed by atoms with Gasteiger partial charge in [0.15, 0.2) is 11.5 Å². The van der Waals surface area contributed by atoms with Crippen LogP contribution in [0, 0.1) is 5.92 Å². The van der Waals surface area contributed by atoms with E-state index in [1.165, 1.54) is 7.11 Å². The van der Waals surface area contributed by atoms with Crippen molar-refractivity contribution in [2.24, 2.45) is 5.92 Å². The van der Waals surface area contributed by atoms with Crippen LogP contribution in [0.25, 0.3) is 0 Å². The average Bonchev–Trinajstić information content (AvgIpc) is 3.26. The number of aliphatic hydroxyl groups is 2. The number of nitrogens with one attached hydrogen (secondary N) is 1. The van der Waals surface area contributed by atoms with Gasteiger partial charge in [-0.1, -0.05) is 6.42 Å². The first-order chi connectivity index (χ1) is 17.9. The second-order valence-electron chi connectivity index (χ2n) is 9.61. The topological polar surface area (TPSA) is 135 Å². The average molecular weight is 517 g/mol. The van der Waals surface area contributed by atoms with Crippen molar-refractivity contribution in [1.82, 2.24) is 10.2 Å². The van der Waals surface area contributed by atoms with Crippen LogP contribution < -0.4 is 14.8 Å². The molecule has 3 N–H and O–H groups in total.